The summed E-state index contributed by atoms with van der Waals surface area (Å²) in [5, 5.41) is 2.86. The summed E-state index contributed by atoms with van der Waals surface area (Å²) in [6.07, 6.45) is 0. The maximum atomic E-state index is 12.4. The van der Waals surface area contributed by atoms with Crippen LogP contribution in [0.1, 0.15) is 15.9 Å². The minimum atomic E-state index is -0.231. The van der Waals surface area contributed by atoms with E-state index in [-0.39, 0.29) is 5.91 Å². The molecule has 2 rings (SSSR count). The molecule has 0 aliphatic rings. The highest BCUT2D eigenvalue weighted by Gasteiger charge is 2.16. The van der Waals surface area contributed by atoms with Crippen LogP contribution in [0.3, 0.4) is 0 Å². The molecule has 0 atom stereocenters. The molecule has 128 valence electrons. The van der Waals surface area contributed by atoms with E-state index in [0.29, 0.717) is 29.4 Å². The number of nitrogens with one attached hydrogen (secondary N) is 1. The minimum Gasteiger partial charge on any atom is -0.497 e. The Morgan fingerprint density at radius 3 is 1.92 bits per heavy atom. The Kier molecular flexibility index (Phi) is 5.89. The van der Waals surface area contributed by atoms with Crippen molar-refractivity contribution in [1.82, 2.24) is 5.32 Å². The van der Waals surface area contributed by atoms with Crippen molar-refractivity contribution in [2.75, 3.05) is 28.4 Å². The van der Waals surface area contributed by atoms with E-state index in [0.717, 1.165) is 11.3 Å². The number of hydrogen-bond acceptors (Lipinski definition) is 5. The number of benzene rings is 2. The Balaban J connectivity index is 2.13. The van der Waals surface area contributed by atoms with Crippen LogP contribution in [0, 0.1) is 0 Å². The lowest BCUT2D eigenvalue weighted by molar-refractivity contribution is 0.0950. The third-order valence-electron chi connectivity index (χ3n) is 3.54. The molecule has 1 N–H and O–H groups in total. The second-order valence-electron chi connectivity index (χ2n) is 4.94. The zero-order chi connectivity index (χ0) is 17.5. The molecule has 0 heterocycles. The van der Waals surface area contributed by atoms with Crippen molar-refractivity contribution in [1.29, 1.82) is 0 Å². The van der Waals surface area contributed by atoms with E-state index in [9.17, 15) is 4.79 Å². The second kappa shape index (κ2) is 8.10. The number of rotatable bonds is 7. The van der Waals surface area contributed by atoms with Gasteiger partial charge < -0.3 is 24.3 Å². The summed E-state index contributed by atoms with van der Waals surface area (Å²) < 4.78 is 20.9. The number of amides is 1. The first kappa shape index (κ1) is 17.5. The van der Waals surface area contributed by atoms with Crippen LogP contribution >= 0.6 is 0 Å². The third kappa shape index (κ3) is 3.90. The van der Waals surface area contributed by atoms with Gasteiger partial charge in [-0.2, -0.15) is 0 Å². The molecule has 2 aromatic rings. The first-order chi connectivity index (χ1) is 11.6. The van der Waals surface area contributed by atoms with Crippen molar-refractivity contribution in [2.45, 2.75) is 6.54 Å². The molecule has 0 bridgehead atoms. The Morgan fingerprint density at radius 2 is 1.46 bits per heavy atom. The fraction of sp³-hybridized carbons (Fsp3) is 0.278. The van der Waals surface area contributed by atoms with Crippen molar-refractivity contribution < 1.29 is 23.7 Å². The monoisotopic (exact) mass is 331 g/mol. The van der Waals surface area contributed by atoms with Gasteiger partial charge in [0.05, 0.1) is 28.4 Å². The molecule has 0 saturated carbocycles. The maximum absolute atomic E-state index is 12.4. The summed E-state index contributed by atoms with van der Waals surface area (Å²) >= 11 is 0. The Morgan fingerprint density at radius 1 is 0.875 bits per heavy atom. The Labute approximate surface area is 141 Å². The lowest BCUT2D eigenvalue weighted by Gasteiger charge is -2.14. The lowest BCUT2D eigenvalue weighted by Crippen LogP contribution is -2.22. The van der Waals surface area contributed by atoms with E-state index in [1.807, 2.05) is 24.3 Å². The SMILES string of the molecule is COc1ccc(CNC(=O)c2cc(OC)c(OC)c(OC)c2)cc1. The molecule has 0 spiro atoms. The Bertz CT molecular complexity index is 672. The predicted molar refractivity (Wildman–Crippen MR) is 90.3 cm³/mol. The molecule has 0 aliphatic heterocycles. The van der Waals surface area contributed by atoms with Crippen LogP contribution in [0.5, 0.6) is 23.0 Å². The number of ether oxygens (including phenoxy) is 4. The quantitative estimate of drug-likeness (QED) is 0.845. The molecule has 2 aromatic carbocycles. The molecule has 0 aromatic heterocycles. The molecule has 0 radical (unpaired) electrons. The van der Waals surface area contributed by atoms with Gasteiger partial charge in [0.2, 0.25) is 5.75 Å². The molecule has 0 aliphatic carbocycles. The smallest absolute Gasteiger partial charge is 0.251 e. The lowest BCUT2D eigenvalue weighted by atomic mass is 10.1. The Hall–Kier alpha value is -2.89. The summed E-state index contributed by atoms with van der Waals surface area (Å²) in [6, 6.07) is 10.7. The van der Waals surface area contributed by atoms with Crippen molar-refractivity contribution in [2.24, 2.45) is 0 Å². The average Bonchev–Trinajstić information content (AvgIpc) is 2.65. The van der Waals surface area contributed by atoms with Crippen LogP contribution in [0.25, 0.3) is 0 Å². The molecule has 1 amide bonds. The maximum Gasteiger partial charge on any atom is 0.251 e. The highest BCUT2D eigenvalue weighted by molar-refractivity contribution is 5.95. The molecule has 0 saturated heterocycles. The van der Waals surface area contributed by atoms with Gasteiger partial charge in [0, 0.05) is 12.1 Å². The molecule has 0 unspecified atom stereocenters. The van der Waals surface area contributed by atoms with Gasteiger partial charge in [0.15, 0.2) is 11.5 Å². The van der Waals surface area contributed by atoms with Gasteiger partial charge in [-0.1, -0.05) is 12.1 Å². The van der Waals surface area contributed by atoms with Gasteiger partial charge in [-0.15, -0.1) is 0 Å². The van der Waals surface area contributed by atoms with Crippen LogP contribution in [-0.4, -0.2) is 34.3 Å². The zero-order valence-electron chi connectivity index (χ0n) is 14.2. The first-order valence-corrected chi connectivity index (χ1v) is 7.34. The van der Waals surface area contributed by atoms with Crippen LogP contribution in [0.15, 0.2) is 36.4 Å². The van der Waals surface area contributed by atoms with Gasteiger partial charge in [-0.05, 0) is 29.8 Å². The largest absolute Gasteiger partial charge is 0.497 e. The summed E-state index contributed by atoms with van der Waals surface area (Å²) in [5.74, 6) is 1.87. The number of methoxy groups -OCH3 is 4. The highest BCUT2D eigenvalue weighted by Crippen LogP contribution is 2.38. The first-order valence-electron chi connectivity index (χ1n) is 7.34. The second-order valence-corrected chi connectivity index (χ2v) is 4.94. The standard InChI is InChI=1S/C18H21NO5/c1-21-14-7-5-12(6-8-14)11-19-18(20)13-9-15(22-2)17(24-4)16(10-13)23-3/h5-10H,11H2,1-4H3,(H,19,20). The number of hydrogen-bond donors (Lipinski definition) is 1. The van der Waals surface area contributed by atoms with E-state index in [2.05, 4.69) is 5.32 Å². The van der Waals surface area contributed by atoms with Crippen molar-refractivity contribution in [3.8, 4) is 23.0 Å². The normalized spacial score (nSPS) is 10.0. The third-order valence-corrected chi connectivity index (χ3v) is 3.54. The molecular weight excluding hydrogens is 310 g/mol. The molecule has 24 heavy (non-hydrogen) atoms. The molecular formula is C18H21NO5. The van der Waals surface area contributed by atoms with Crippen LogP contribution < -0.4 is 24.3 Å². The van der Waals surface area contributed by atoms with E-state index in [1.165, 1.54) is 21.3 Å². The van der Waals surface area contributed by atoms with E-state index in [4.69, 9.17) is 18.9 Å². The van der Waals surface area contributed by atoms with Gasteiger partial charge in [-0.25, -0.2) is 0 Å². The highest BCUT2D eigenvalue weighted by atomic mass is 16.5. The molecule has 6 heteroatoms. The van der Waals surface area contributed by atoms with Gasteiger partial charge in [-0.3, -0.25) is 4.79 Å². The molecule has 6 nitrogen and oxygen atoms in total. The van der Waals surface area contributed by atoms with Gasteiger partial charge >= 0.3 is 0 Å². The average molecular weight is 331 g/mol. The van der Waals surface area contributed by atoms with E-state index in [1.54, 1.807) is 19.2 Å². The van der Waals surface area contributed by atoms with Gasteiger partial charge in [0.1, 0.15) is 5.75 Å². The number of carbonyl (C=O) groups is 1. The van der Waals surface area contributed by atoms with Crippen molar-refractivity contribution >= 4 is 5.91 Å². The van der Waals surface area contributed by atoms with Crippen LogP contribution in [0.4, 0.5) is 0 Å². The van der Waals surface area contributed by atoms with E-state index >= 15 is 0 Å². The van der Waals surface area contributed by atoms with Crippen LogP contribution in [0.2, 0.25) is 0 Å². The topological polar surface area (TPSA) is 66.0 Å². The summed E-state index contributed by atoms with van der Waals surface area (Å²) in [6.45, 7) is 0.402. The van der Waals surface area contributed by atoms with E-state index < -0.39 is 0 Å². The van der Waals surface area contributed by atoms with Crippen molar-refractivity contribution in [3.05, 3.63) is 47.5 Å². The summed E-state index contributed by atoms with van der Waals surface area (Å²) in [7, 11) is 6.15. The van der Waals surface area contributed by atoms with Crippen LogP contribution in [-0.2, 0) is 6.54 Å². The minimum absolute atomic E-state index is 0.231. The summed E-state index contributed by atoms with van der Waals surface area (Å²) in [5.41, 5.74) is 1.40. The fourth-order valence-electron chi connectivity index (χ4n) is 2.24. The van der Waals surface area contributed by atoms with Gasteiger partial charge in [0.25, 0.3) is 5.91 Å². The zero-order valence-corrected chi connectivity index (χ0v) is 14.2. The number of carbonyl (C=O) groups excluding carboxylic acids is 1. The predicted octanol–water partition coefficient (Wildman–Crippen LogP) is 2.65. The van der Waals surface area contributed by atoms with Crippen molar-refractivity contribution in [3.63, 3.8) is 0 Å². The molecule has 0 fully saturated rings. The fourth-order valence-corrected chi connectivity index (χ4v) is 2.24. The summed E-state index contributed by atoms with van der Waals surface area (Å²) in [4.78, 5) is 12.4.